The van der Waals surface area contributed by atoms with E-state index in [1.165, 1.54) is 0 Å². The lowest BCUT2D eigenvalue weighted by atomic mass is 10.0. The smallest absolute Gasteiger partial charge is 0.227 e. The number of benzene rings is 1. The standard InChI is InChI=1S/C22H27Cl2N5O/c1-4-5-6-7-16(2)21(15-29-11-10-18(14-29)26-27-25)28(3)22(30)13-17-8-9-19(23)20(24)12-17/h4-9,12,18,21H,2,10-11,13-15H2,1,3H3/b5-4-,7-6-/t18?,21-/m1/s1. The zero-order chi connectivity index (χ0) is 22.1. The monoisotopic (exact) mass is 447 g/mol. The van der Waals surface area contributed by atoms with Crippen LogP contribution in [-0.4, -0.2) is 54.5 Å². The van der Waals surface area contributed by atoms with Gasteiger partial charge in [-0.25, -0.2) is 0 Å². The summed E-state index contributed by atoms with van der Waals surface area (Å²) < 4.78 is 0. The van der Waals surface area contributed by atoms with Crippen LogP contribution in [0.3, 0.4) is 0 Å². The Bertz CT molecular complexity index is 876. The van der Waals surface area contributed by atoms with Gasteiger partial charge in [-0.2, -0.15) is 0 Å². The lowest BCUT2D eigenvalue weighted by Gasteiger charge is -2.32. The van der Waals surface area contributed by atoms with Crippen molar-refractivity contribution in [2.45, 2.75) is 31.8 Å². The molecule has 0 bridgehead atoms. The SMILES string of the molecule is C=C(/C=C\C=C/C)[C@@H](CN1CCC(N=[N+]=[N-])C1)N(C)C(=O)Cc1ccc(Cl)c(Cl)c1. The molecule has 1 fully saturated rings. The average Bonchev–Trinajstić information content (AvgIpc) is 3.16. The first-order valence-corrected chi connectivity index (χ1v) is 10.6. The molecule has 0 spiro atoms. The molecule has 160 valence electrons. The highest BCUT2D eigenvalue weighted by Crippen LogP contribution is 2.24. The molecule has 1 aromatic carbocycles. The van der Waals surface area contributed by atoms with Gasteiger partial charge in [0.25, 0.3) is 0 Å². The predicted molar refractivity (Wildman–Crippen MR) is 124 cm³/mol. The number of azide groups is 1. The second-order valence-corrected chi connectivity index (χ2v) is 8.13. The zero-order valence-corrected chi connectivity index (χ0v) is 18.9. The van der Waals surface area contributed by atoms with Crippen LogP contribution in [0.2, 0.25) is 10.0 Å². The van der Waals surface area contributed by atoms with E-state index >= 15 is 0 Å². The van der Waals surface area contributed by atoms with Crippen molar-refractivity contribution in [3.05, 3.63) is 80.7 Å². The highest BCUT2D eigenvalue weighted by molar-refractivity contribution is 6.42. The van der Waals surface area contributed by atoms with E-state index in [4.69, 9.17) is 28.7 Å². The Hall–Kier alpha value is -2.24. The first-order chi connectivity index (χ1) is 14.3. The highest BCUT2D eigenvalue weighted by Gasteiger charge is 2.28. The number of likely N-dealkylation sites (tertiary alicyclic amines) is 1. The summed E-state index contributed by atoms with van der Waals surface area (Å²) in [6.07, 6.45) is 8.74. The van der Waals surface area contributed by atoms with Crippen molar-refractivity contribution in [3.8, 4) is 0 Å². The number of halogens is 2. The Balaban J connectivity index is 2.14. The van der Waals surface area contributed by atoms with Crippen molar-refractivity contribution in [2.24, 2.45) is 5.11 Å². The van der Waals surface area contributed by atoms with Gasteiger partial charge in [0.1, 0.15) is 0 Å². The molecule has 0 aromatic heterocycles. The van der Waals surface area contributed by atoms with Crippen LogP contribution in [0.4, 0.5) is 0 Å². The van der Waals surface area contributed by atoms with Crippen LogP contribution in [-0.2, 0) is 11.2 Å². The van der Waals surface area contributed by atoms with E-state index in [0.29, 0.717) is 23.1 Å². The Morgan fingerprint density at radius 2 is 2.20 bits per heavy atom. The molecule has 1 unspecified atom stereocenters. The van der Waals surface area contributed by atoms with Crippen LogP contribution in [0.5, 0.6) is 0 Å². The van der Waals surface area contributed by atoms with Crippen molar-refractivity contribution in [1.82, 2.24) is 9.80 Å². The lowest BCUT2D eigenvalue weighted by molar-refractivity contribution is -0.130. The minimum absolute atomic E-state index is 0.0281. The van der Waals surface area contributed by atoms with Gasteiger partial charge in [0.15, 0.2) is 0 Å². The molecule has 8 heteroatoms. The summed E-state index contributed by atoms with van der Waals surface area (Å²) in [6.45, 7) is 8.27. The zero-order valence-electron chi connectivity index (χ0n) is 17.3. The van der Waals surface area contributed by atoms with E-state index in [-0.39, 0.29) is 24.4 Å². The van der Waals surface area contributed by atoms with Gasteiger partial charge >= 0.3 is 0 Å². The van der Waals surface area contributed by atoms with Gasteiger partial charge in [0.2, 0.25) is 5.91 Å². The van der Waals surface area contributed by atoms with E-state index in [2.05, 4.69) is 21.5 Å². The summed E-state index contributed by atoms with van der Waals surface area (Å²) in [6, 6.07) is 4.99. The molecule has 2 rings (SSSR count). The molecule has 0 saturated carbocycles. The van der Waals surface area contributed by atoms with Crippen molar-refractivity contribution >= 4 is 29.1 Å². The van der Waals surface area contributed by atoms with Crippen LogP contribution in [0.1, 0.15) is 18.9 Å². The second kappa shape index (κ2) is 11.8. The first-order valence-electron chi connectivity index (χ1n) is 9.80. The summed E-state index contributed by atoms with van der Waals surface area (Å²) in [4.78, 5) is 19.9. The molecule has 1 aromatic rings. The molecular formula is C22H27Cl2N5O. The largest absolute Gasteiger partial charge is 0.337 e. The third kappa shape index (κ3) is 6.92. The number of hydrogen-bond acceptors (Lipinski definition) is 3. The fourth-order valence-electron chi connectivity index (χ4n) is 3.40. The van der Waals surface area contributed by atoms with Crippen LogP contribution in [0.25, 0.3) is 10.4 Å². The van der Waals surface area contributed by atoms with E-state index in [1.807, 2.05) is 31.2 Å². The topological polar surface area (TPSA) is 72.3 Å². The molecule has 0 radical (unpaired) electrons. The van der Waals surface area contributed by atoms with E-state index < -0.39 is 0 Å². The van der Waals surface area contributed by atoms with Crippen LogP contribution >= 0.6 is 23.2 Å². The van der Waals surface area contributed by atoms with E-state index in [9.17, 15) is 4.79 Å². The predicted octanol–water partition coefficient (Wildman–Crippen LogP) is 5.44. The minimum Gasteiger partial charge on any atom is -0.337 e. The molecule has 1 aliphatic heterocycles. The number of nitrogens with zero attached hydrogens (tertiary/aromatic N) is 5. The van der Waals surface area contributed by atoms with Crippen molar-refractivity contribution in [1.29, 1.82) is 0 Å². The van der Waals surface area contributed by atoms with Gasteiger partial charge in [-0.1, -0.05) is 65.3 Å². The Kier molecular flexibility index (Phi) is 9.47. The maximum absolute atomic E-state index is 13.0. The Labute approximate surface area is 188 Å². The number of likely N-dealkylation sites (N-methyl/N-ethyl adjacent to an activating group) is 1. The lowest BCUT2D eigenvalue weighted by Crippen LogP contribution is -2.45. The summed E-state index contributed by atoms with van der Waals surface area (Å²) in [5.41, 5.74) is 10.3. The number of hydrogen-bond donors (Lipinski definition) is 0. The van der Waals surface area contributed by atoms with Gasteiger partial charge in [0.05, 0.1) is 28.5 Å². The van der Waals surface area contributed by atoms with Crippen molar-refractivity contribution in [2.75, 3.05) is 26.7 Å². The Morgan fingerprint density at radius 3 is 2.87 bits per heavy atom. The summed E-state index contributed by atoms with van der Waals surface area (Å²) in [7, 11) is 1.79. The third-order valence-corrected chi connectivity index (χ3v) is 5.87. The van der Waals surface area contributed by atoms with Gasteiger partial charge in [-0.05, 0) is 48.7 Å². The second-order valence-electron chi connectivity index (χ2n) is 7.31. The van der Waals surface area contributed by atoms with Crippen LogP contribution < -0.4 is 0 Å². The van der Waals surface area contributed by atoms with Gasteiger partial charge in [-0.3, -0.25) is 4.79 Å². The van der Waals surface area contributed by atoms with Gasteiger partial charge < -0.3 is 9.80 Å². The molecule has 1 heterocycles. The fourth-order valence-corrected chi connectivity index (χ4v) is 3.72. The molecule has 1 saturated heterocycles. The van der Waals surface area contributed by atoms with Gasteiger partial charge in [0, 0.05) is 25.0 Å². The summed E-state index contributed by atoms with van der Waals surface area (Å²) in [5, 5.41) is 4.72. The average molecular weight is 448 g/mol. The number of carbonyl (C=O) groups excluding carboxylic acids is 1. The van der Waals surface area contributed by atoms with Gasteiger partial charge in [-0.15, -0.1) is 0 Å². The molecular weight excluding hydrogens is 421 g/mol. The number of allylic oxidation sites excluding steroid dienone is 3. The Morgan fingerprint density at radius 1 is 1.43 bits per heavy atom. The molecule has 1 aliphatic rings. The molecule has 30 heavy (non-hydrogen) atoms. The minimum atomic E-state index is -0.202. The third-order valence-electron chi connectivity index (χ3n) is 5.14. The normalized spacial score (nSPS) is 17.9. The molecule has 1 amide bonds. The number of carbonyl (C=O) groups is 1. The molecule has 6 nitrogen and oxygen atoms in total. The molecule has 0 N–H and O–H groups in total. The molecule has 2 atom stereocenters. The van der Waals surface area contributed by atoms with Crippen LogP contribution in [0.15, 0.2) is 59.8 Å². The maximum atomic E-state index is 13.0. The van der Waals surface area contributed by atoms with Crippen LogP contribution in [0, 0.1) is 0 Å². The molecule has 0 aliphatic carbocycles. The van der Waals surface area contributed by atoms with E-state index in [1.54, 1.807) is 30.1 Å². The van der Waals surface area contributed by atoms with Crippen molar-refractivity contribution in [3.63, 3.8) is 0 Å². The quantitative estimate of drug-likeness (QED) is 0.219. The first kappa shape index (κ1) is 24.0. The number of amides is 1. The van der Waals surface area contributed by atoms with Crippen molar-refractivity contribution < 1.29 is 4.79 Å². The summed E-state index contributed by atoms with van der Waals surface area (Å²) >= 11 is 12.1. The highest BCUT2D eigenvalue weighted by atomic mass is 35.5. The van der Waals surface area contributed by atoms with E-state index in [0.717, 1.165) is 24.1 Å². The maximum Gasteiger partial charge on any atom is 0.227 e. The number of rotatable bonds is 9. The summed E-state index contributed by atoms with van der Waals surface area (Å²) in [5.74, 6) is -0.0373. The fraction of sp³-hybridized carbons (Fsp3) is 0.409.